The Hall–Kier alpha value is -0.850. The van der Waals surface area contributed by atoms with Crippen LogP contribution in [0.1, 0.15) is 27.7 Å². The Morgan fingerprint density at radius 1 is 1.09 bits per heavy atom. The zero-order chi connectivity index (χ0) is 8.85. The maximum atomic E-state index is 3.93. The summed E-state index contributed by atoms with van der Waals surface area (Å²) in [6, 6.07) is 0. The molecule has 0 aliphatic rings. The van der Waals surface area contributed by atoms with Crippen LogP contribution in [0.15, 0.2) is 27.8 Å². The van der Waals surface area contributed by atoms with Crippen molar-refractivity contribution in [1.29, 1.82) is 0 Å². The van der Waals surface area contributed by atoms with Gasteiger partial charge in [0, 0.05) is 13.3 Å². The van der Waals surface area contributed by atoms with Crippen molar-refractivity contribution >= 4 is 6.21 Å². The van der Waals surface area contributed by atoms with Crippen molar-refractivity contribution in [2.45, 2.75) is 27.7 Å². The topological polar surface area (TPSA) is 12.4 Å². The van der Waals surface area contributed by atoms with Crippen molar-refractivity contribution in [2.75, 3.05) is 7.05 Å². The van der Waals surface area contributed by atoms with Crippen LogP contribution in [0.2, 0.25) is 0 Å². The molecular formula is C10H17N. The molecule has 0 spiro atoms. The molecule has 0 aromatic carbocycles. The van der Waals surface area contributed by atoms with Crippen molar-refractivity contribution in [3.8, 4) is 0 Å². The minimum absolute atomic E-state index is 1.20. The second-order valence-corrected chi connectivity index (χ2v) is 2.96. The first-order chi connectivity index (χ1) is 5.07. The normalized spacial score (nSPS) is 12.3. The van der Waals surface area contributed by atoms with Gasteiger partial charge in [0.15, 0.2) is 0 Å². The number of nitrogens with zero attached hydrogens (tertiary/aromatic N) is 1. The second-order valence-electron chi connectivity index (χ2n) is 2.96. The first-order valence-electron chi connectivity index (χ1n) is 3.82. The van der Waals surface area contributed by atoms with Gasteiger partial charge in [0.25, 0.3) is 0 Å². The molecule has 0 saturated carbocycles. The Kier molecular flexibility index (Phi) is 4.51. The minimum atomic E-state index is 1.20. The van der Waals surface area contributed by atoms with Crippen LogP contribution in [0.5, 0.6) is 0 Å². The number of hydrogen-bond donors (Lipinski definition) is 0. The van der Waals surface area contributed by atoms with Crippen LogP contribution >= 0.6 is 0 Å². The summed E-state index contributed by atoms with van der Waals surface area (Å²) in [4.78, 5) is 3.93. The highest BCUT2D eigenvalue weighted by molar-refractivity contribution is 5.78. The van der Waals surface area contributed by atoms with Gasteiger partial charge in [0.05, 0.1) is 0 Å². The Balaban J connectivity index is 4.44. The first kappa shape index (κ1) is 10.2. The Bertz CT molecular complexity index is 203. The van der Waals surface area contributed by atoms with Crippen molar-refractivity contribution < 1.29 is 0 Å². The SMILES string of the molecule is CN=C/C(C)=C\C(C)=C(C)C. The fraction of sp³-hybridized carbons (Fsp3) is 0.500. The Morgan fingerprint density at radius 3 is 2.00 bits per heavy atom. The maximum absolute atomic E-state index is 3.93. The van der Waals surface area contributed by atoms with Crippen LogP contribution < -0.4 is 0 Å². The zero-order valence-electron chi connectivity index (χ0n) is 8.10. The number of hydrogen-bond acceptors (Lipinski definition) is 1. The van der Waals surface area contributed by atoms with E-state index in [0.29, 0.717) is 0 Å². The zero-order valence-corrected chi connectivity index (χ0v) is 8.10. The van der Waals surface area contributed by atoms with E-state index >= 15 is 0 Å². The van der Waals surface area contributed by atoms with Crippen molar-refractivity contribution in [3.63, 3.8) is 0 Å². The fourth-order valence-corrected chi connectivity index (χ4v) is 0.727. The summed E-state index contributed by atoms with van der Waals surface area (Å²) >= 11 is 0. The monoisotopic (exact) mass is 151 g/mol. The highest BCUT2D eigenvalue weighted by atomic mass is 14.6. The summed E-state index contributed by atoms with van der Waals surface area (Å²) in [5.41, 5.74) is 3.88. The standard InChI is InChI=1S/C10H17N/c1-8(2)10(4)6-9(3)7-11-5/h6-7H,1-5H3/b9-6-,11-7?. The molecule has 0 saturated heterocycles. The average Bonchev–Trinajstić information content (AvgIpc) is 1.87. The van der Waals surface area contributed by atoms with Crippen LogP contribution in [0.25, 0.3) is 0 Å². The smallest absolute Gasteiger partial charge is 0.0277 e. The molecule has 0 aliphatic heterocycles. The van der Waals surface area contributed by atoms with Crippen molar-refractivity contribution in [3.05, 3.63) is 22.8 Å². The van der Waals surface area contributed by atoms with Crippen LogP contribution in [0, 0.1) is 0 Å². The molecular weight excluding hydrogens is 134 g/mol. The van der Waals surface area contributed by atoms with E-state index in [9.17, 15) is 0 Å². The number of allylic oxidation sites excluding steroid dienone is 4. The molecule has 0 unspecified atom stereocenters. The van der Waals surface area contributed by atoms with E-state index in [1.807, 2.05) is 6.21 Å². The molecule has 1 nitrogen and oxygen atoms in total. The van der Waals surface area contributed by atoms with Gasteiger partial charge >= 0.3 is 0 Å². The van der Waals surface area contributed by atoms with E-state index in [0.717, 1.165) is 0 Å². The molecule has 0 aromatic heterocycles. The van der Waals surface area contributed by atoms with Crippen molar-refractivity contribution in [1.82, 2.24) is 0 Å². The molecule has 11 heavy (non-hydrogen) atoms. The average molecular weight is 151 g/mol. The van der Waals surface area contributed by atoms with Crippen molar-refractivity contribution in [2.24, 2.45) is 4.99 Å². The Morgan fingerprint density at radius 2 is 1.64 bits per heavy atom. The maximum Gasteiger partial charge on any atom is 0.0277 e. The van der Waals surface area contributed by atoms with E-state index < -0.39 is 0 Å². The van der Waals surface area contributed by atoms with Gasteiger partial charge in [-0.1, -0.05) is 17.2 Å². The fourth-order valence-electron chi connectivity index (χ4n) is 0.727. The lowest BCUT2D eigenvalue weighted by Gasteiger charge is -1.96. The largest absolute Gasteiger partial charge is 0.296 e. The van der Waals surface area contributed by atoms with Gasteiger partial charge in [-0.25, -0.2) is 0 Å². The van der Waals surface area contributed by atoms with Crippen LogP contribution in [-0.2, 0) is 0 Å². The van der Waals surface area contributed by atoms with E-state index in [1.165, 1.54) is 16.7 Å². The summed E-state index contributed by atoms with van der Waals surface area (Å²) in [5, 5.41) is 0. The van der Waals surface area contributed by atoms with E-state index in [-0.39, 0.29) is 0 Å². The first-order valence-corrected chi connectivity index (χ1v) is 3.82. The van der Waals surface area contributed by atoms with Gasteiger partial charge in [0.2, 0.25) is 0 Å². The third-order valence-corrected chi connectivity index (χ3v) is 1.57. The summed E-state index contributed by atoms with van der Waals surface area (Å²) < 4.78 is 0. The van der Waals surface area contributed by atoms with Gasteiger partial charge < -0.3 is 0 Å². The minimum Gasteiger partial charge on any atom is -0.296 e. The lowest BCUT2D eigenvalue weighted by molar-refractivity contribution is 1.28. The van der Waals surface area contributed by atoms with E-state index in [4.69, 9.17) is 0 Å². The molecule has 0 rings (SSSR count). The molecule has 0 amide bonds. The summed E-state index contributed by atoms with van der Waals surface area (Å²) in [6.45, 7) is 8.40. The van der Waals surface area contributed by atoms with Gasteiger partial charge in [-0.3, -0.25) is 4.99 Å². The highest BCUT2D eigenvalue weighted by Crippen LogP contribution is 2.05. The third-order valence-electron chi connectivity index (χ3n) is 1.57. The van der Waals surface area contributed by atoms with Gasteiger partial charge in [-0.05, 0) is 33.3 Å². The molecule has 0 atom stereocenters. The number of aliphatic imine (C=N–C) groups is 1. The molecule has 1 heteroatoms. The lowest BCUT2D eigenvalue weighted by Crippen LogP contribution is -1.80. The summed E-state index contributed by atoms with van der Waals surface area (Å²) in [6.07, 6.45) is 4.01. The second kappa shape index (κ2) is 4.89. The van der Waals surface area contributed by atoms with Crippen LogP contribution in [0.4, 0.5) is 0 Å². The molecule has 0 radical (unpaired) electrons. The molecule has 0 heterocycles. The molecule has 0 N–H and O–H groups in total. The number of rotatable bonds is 2. The molecule has 0 fully saturated rings. The van der Waals surface area contributed by atoms with Crippen LogP contribution in [-0.4, -0.2) is 13.3 Å². The predicted molar refractivity (Wildman–Crippen MR) is 52.2 cm³/mol. The van der Waals surface area contributed by atoms with Gasteiger partial charge in [0.1, 0.15) is 0 Å². The summed E-state index contributed by atoms with van der Waals surface area (Å²) in [7, 11) is 1.79. The third kappa shape index (κ3) is 4.54. The molecule has 62 valence electrons. The molecule has 0 aliphatic carbocycles. The quantitative estimate of drug-likeness (QED) is 0.425. The van der Waals surface area contributed by atoms with Gasteiger partial charge in [-0.2, -0.15) is 0 Å². The predicted octanol–water partition coefficient (Wildman–Crippen LogP) is 2.99. The Labute approximate surface area is 69.5 Å². The van der Waals surface area contributed by atoms with E-state index in [2.05, 4.69) is 38.8 Å². The molecule has 0 bridgehead atoms. The van der Waals surface area contributed by atoms with E-state index in [1.54, 1.807) is 7.05 Å². The van der Waals surface area contributed by atoms with Crippen LogP contribution in [0.3, 0.4) is 0 Å². The van der Waals surface area contributed by atoms with Gasteiger partial charge in [-0.15, -0.1) is 0 Å². The molecule has 0 aromatic rings. The summed E-state index contributed by atoms with van der Waals surface area (Å²) in [5.74, 6) is 0. The highest BCUT2D eigenvalue weighted by Gasteiger charge is 1.87. The lowest BCUT2D eigenvalue weighted by atomic mass is 10.1.